The van der Waals surface area contributed by atoms with E-state index in [2.05, 4.69) is 42.0 Å². The number of hydrogen-bond acceptors (Lipinski definition) is 4. The third kappa shape index (κ3) is 2.61. The van der Waals surface area contributed by atoms with E-state index < -0.39 is 0 Å². The van der Waals surface area contributed by atoms with Crippen molar-refractivity contribution in [2.45, 2.75) is 24.8 Å². The summed E-state index contributed by atoms with van der Waals surface area (Å²) in [6.07, 6.45) is 0. The second-order valence-electron chi connectivity index (χ2n) is 5.85. The second kappa shape index (κ2) is 5.83. The number of rotatable bonds is 3. The lowest BCUT2D eigenvalue weighted by Crippen LogP contribution is -2.07. The Balaban J connectivity index is 1.70. The molecule has 4 nitrogen and oxygen atoms in total. The average molecular weight is 336 g/mol. The smallest absolute Gasteiger partial charge is 0.295 e. The molecule has 0 radical (unpaired) electrons. The molecule has 0 unspecified atom stereocenters. The number of aromatic amines is 1. The highest BCUT2D eigenvalue weighted by Crippen LogP contribution is 2.27. The zero-order valence-corrected chi connectivity index (χ0v) is 14.2. The molecular weight excluding hydrogens is 320 g/mol. The number of benzene rings is 2. The molecule has 2 heterocycles. The Bertz CT molecular complexity index is 1110. The first-order valence-electron chi connectivity index (χ1n) is 7.72. The van der Waals surface area contributed by atoms with Gasteiger partial charge >= 0.3 is 0 Å². The molecule has 0 aliphatic carbocycles. The van der Waals surface area contributed by atoms with E-state index in [0.717, 1.165) is 11.1 Å². The van der Waals surface area contributed by atoms with Crippen LogP contribution in [-0.2, 0) is 5.75 Å². The van der Waals surface area contributed by atoms with Crippen molar-refractivity contribution in [2.75, 3.05) is 0 Å². The number of nitrogens with zero attached hydrogens (tertiary/aromatic N) is 1. The standard InChI is InChI=1S/C19H16N2O2S/c1-11-7-8-13(9-12(11)2)10-24-19-20-16-14-5-3-4-6-15(14)23-17(16)18(22)21-19/h3-9H,10H2,1-2H3,(H,20,21,22). The van der Waals surface area contributed by atoms with Gasteiger partial charge in [-0.25, -0.2) is 4.98 Å². The summed E-state index contributed by atoms with van der Waals surface area (Å²) in [5, 5.41) is 1.48. The summed E-state index contributed by atoms with van der Waals surface area (Å²) in [4.78, 5) is 19.7. The van der Waals surface area contributed by atoms with Crippen molar-refractivity contribution >= 4 is 33.8 Å². The maximum Gasteiger partial charge on any atom is 0.295 e. The number of H-pyrrole nitrogens is 1. The molecule has 120 valence electrons. The lowest BCUT2D eigenvalue weighted by atomic mass is 10.1. The maximum absolute atomic E-state index is 12.3. The number of thioether (sulfide) groups is 1. The molecule has 24 heavy (non-hydrogen) atoms. The van der Waals surface area contributed by atoms with Crippen LogP contribution in [-0.4, -0.2) is 9.97 Å². The SMILES string of the molecule is Cc1ccc(CSc2nc3c(oc4ccccc43)c(=O)[nH]2)cc1C. The largest absolute Gasteiger partial charge is 0.449 e. The number of furan rings is 1. The highest BCUT2D eigenvalue weighted by atomic mass is 32.2. The second-order valence-corrected chi connectivity index (χ2v) is 6.82. The molecule has 0 fully saturated rings. The van der Waals surface area contributed by atoms with Crippen LogP contribution in [0.1, 0.15) is 16.7 Å². The molecule has 4 aromatic rings. The van der Waals surface area contributed by atoms with Crippen LogP contribution >= 0.6 is 11.8 Å². The molecule has 0 atom stereocenters. The van der Waals surface area contributed by atoms with Crippen molar-refractivity contribution < 1.29 is 4.42 Å². The van der Waals surface area contributed by atoms with Gasteiger partial charge in [-0.05, 0) is 42.7 Å². The average Bonchev–Trinajstić information content (AvgIpc) is 2.95. The summed E-state index contributed by atoms with van der Waals surface area (Å²) < 4.78 is 5.61. The third-order valence-electron chi connectivity index (χ3n) is 4.16. The minimum absolute atomic E-state index is 0.237. The highest BCUT2D eigenvalue weighted by Gasteiger charge is 2.13. The molecule has 0 spiro atoms. The lowest BCUT2D eigenvalue weighted by Gasteiger charge is -2.05. The van der Waals surface area contributed by atoms with Crippen LogP contribution in [0, 0.1) is 13.8 Å². The van der Waals surface area contributed by atoms with Gasteiger partial charge in [0.2, 0.25) is 5.58 Å². The van der Waals surface area contributed by atoms with Crippen LogP contribution in [0.25, 0.3) is 22.1 Å². The molecule has 2 aromatic heterocycles. The van der Waals surface area contributed by atoms with E-state index in [-0.39, 0.29) is 11.1 Å². The Labute approximate surface area is 142 Å². The molecule has 4 rings (SSSR count). The van der Waals surface area contributed by atoms with Gasteiger partial charge in [0.05, 0.1) is 0 Å². The number of nitrogens with one attached hydrogen (secondary N) is 1. The van der Waals surface area contributed by atoms with Crippen molar-refractivity contribution in [3.05, 3.63) is 69.5 Å². The summed E-state index contributed by atoms with van der Waals surface area (Å²) in [6.45, 7) is 4.20. The number of para-hydroxylation sites is 1. The molecule has 1 N–H and O–H groups in total. The van der Waals surface area contributed by atoms with Crippen LogP contribution < -0.4 is 5.56 Å². The van der Waals surface area contributed by atoms with E-state index in [1.165, 1.54) is 28.5 Å². The first-order valence-corrected chi connectivity index (χ1v) is 8.71. The Hall–Kier alpha value is -2.53. The Morgan fingerprint density at radius 2 is 1.96 bits per heavy atom. The van der Waals surface area contributed by atoms with E-state index in [0.29, 0.717) is 16.3 Å². The van der Waals surface area contributed by atoms with Gasteiger partial charge in [0, 0.05) is 11.1 Å². The van der Waals surface area contributed by atoms with Gasteiger partial charge in [0.25, 0.3) is 5.56 Å². The van der Waals surface area contributed by atoms with Crippen LogP contribution in [0.15, 0.2) is 56.8 Å². The minimum Gasteiger partial charge on any atom is -0.449 e. The van der Waals surface area contributed by atoms with Crippen molar-refractivity contribution in [3.63, 3.8) is 0 Å². The summed E-state index contributed by atoms with van der Waals surface area (Å²) in [6, 6.07) is 14.0. The zero-order chi connectivity index (χ0) is 16.7. The maximum atomic E-state index is 12.3. The minimum atomic E-state index is -0.237. The van der Waals surface area contributed by atoms with E-state index in [1.54, 1.807) is 0 Å². The van der Waals surface area contributed by atoms with Crippen LogP contribution in [0.2, 0.25) is 0 Å². The Morgan fingerprint density at radius 1 is 1.12 bits per heavy atom. The van der Waals surface area contributed by atoms with Gasteiger partial charge in [0.15, 0.2) is 5.16 Å². The number of aryl methyl sites for hydroxylation is 2. The molecule has 0 amide bonds. The fourth-order valence-electron chi connectivity index (χ4n) is 2.69. The Kier molecular flexibility index (Phi) is 3.65. The number of aromatic nitrogens is 2. The fourth-order valence-corrected chi connectivity index (χ4v) is 3.50. The lowest BCUT2D eigenvalue weighted by molar-refractivity contribution is 0.658. The van der Waals surface area contributed by atoms with E-state index in [4.69, 9.17) is 4.42 Å². The van der Waals surface area contributed by atoms with Crippen molar-refractivity contribution in [3.8, 4) is 0 Å². The van der Waals surface area contributed by atoms with Gasteiger partial charge < -0.3 is 4.42 Å². The van der Waals surface area contributed by atoms with Crippen molar-refractivity contribution in [1.82, 2.24) is 9.97 Å². The van der Waals surface area contributed by atoms with E-state index in [9.17, 15) is 4.79 Å². The monoisotopic (exact) mass is 336 g/mol. The summed E-state index contributed by atoms with van der Waals surface area (Å²) in [5.41, 5.74) is 5.11. The van der Waals surface area contributed by atoms with Crippen molar-refractivity contribution in [2.24, 2.45) is 0 Å². The number of fused-ring (bicyclic) bond motifs is 3. The molecule has 0 aliphatic rings. The highest BCUT2D eigenvalue weighted by molar-refractivity contribution is 7.98. The molecule has 0 bridgehead atoms. The summed E-state index contributed by atoms with van der Waals surface area (Å²) in [5.74, 6) is 0.755. The van der Waals surface area contributed by atoms with Gasteiger partial charge in [-0.3, -0.25) is 9.78 Å². The number of hydrogen-bond donors (Lipinski definition) is 1. The molecule has 0 saturated carbocycles. The predicted molar refractivity (Wildman–Crippen MR) is 97.6 cm³/mol. The van der Waals surface area contributed by atoms with Crippen molar-refractivity contribution in [1.29, 1.82) is 0 Å². The topological polar surface area (TPSA) is 58.9 Å². The summed E-state index contributed by atoms with van der Waals surface area (Å²) >= 11 is 1.52. The molecule has 5 heteroatoms. The van der Waals surface area contributed by atoms with Gasteiger partial charge in [0.1, 0.15) is 11.1 Å². The predicted octanol–water partition coefficient (Wildman–Crippen LogP) is 4.58. The van der Waals surface area contributed by atoms with Gasteiger partial charge in [-0.2, -0.15) is 0 Å². The molecule has 0 saturated heterocycles. The quantitative estimate of drug-likeness (QED) is 0.439. The molecular formula is C19H16N2O2S. The normalized spacial score (nSPS) is 11.4. The molecule has 2 aromatic carbocycles. The fraction of sp³-hybridized carbons (Fsp3) is 0.158. The van der Waals surface area contributed by atoms with E-state index >= 15 is 0 Å². The third-order valence-corrected chi connectivity index (χ3v) is 5.10. The van der Waals surface area contributed by atoms with Gasteiger partial charge in [-0.15, -0.1) is 0 Å². The summed E-state index contributed by atoms with van der Waals surface area (Å²) in [7, 11) is 0. The van der Waals surface area contributed by atoms with Crippen LogP contribution in [0.3, 0.4) is 0 Å². The first kappa shape index (κ1) is 15.0. The first-order chi connectivity index (χ1) is 11.6. The van der Waals surface area contributed by atoms with Gasteiger partial charge in [-0.1, -0.05) is 42.1 Å². The Morgan fingerprint density at radius 3 is 2.79 bits per heavy atom. The van der Waals surface area contributed by atoms with Crippen LogP contribution in [0.5, 0.6) is 0 Å². The zero-order valence-electron chi connectivity index (χ0n) is 13.4. The van der Waals surface area contributed by atoms with E-state index in [1.807, 2.05) is 24.3 Å². The van der Waals surface area contributed by atoms with Crippen LogP contribution in [0.4, 0.5) is 0 Å². The molecule has 0 aliphatic heterocycles.